The molecule has 1 N–H and O–H groups in total. The van der Waals surface area contributed by atoms with Crippen LogP contribution in [0.1, 0.15) is 10.4 Å². The van der Waals surface area contributed by atoms with Crippen LogP contribution in [-0.4, -0.2) is 28.4 Å². The summed E-state index contributed by atoms with van der Waals surface area (Å²) in [5.41, 5.74) is -0.152. The lowest BCUT2D eigenvalue weighted by Gasteiger charge is -2.07. The Kier molecular flexibility index (Phi) is 5.21. The zero-order valence-corrected chi connectivity index (χ0v) is 12.3. The van der Waals surface area contributed by atoms with Crippen molar-refractivity contribution in [2.45, 2.75) is 0 Å². The molecular formula is C14H10ClN3O5. The van der Waals surface area contributed by atoms with Crippen LogP contribution in [0, 0.1) is 10.1 Å². The topological polar surface area (TPSA) is 111 Å². The summed E-state index contributed by atoms with van der Waals surface area (Å²) in [4.78, 5) is 37.4. The average Bonchev–Trinajstić information content (AvgIpc) is 2.55. The first-order chi connectivity index (χ1) is 11.0. The fourth-order valence-corrected chi connectivity index (χ4v) is 1.82. The summed E-state index contributed by atoms with van der Waals surface area (Å²) >= 11 is 5.68. The predicted octanol–water partition coefficient (Wildman–Crippen LogP) is 2.44. The lowest BCUT2D eigenvalue weighted by Crippen LogP contribution is -2.21. The van der Waals surface area contributed by atoms with Crippen molar-refractivity contribution in [3.63, 3.8) is 0 Å². The summed E-state index contributed by atoms with van der Waals surface area (Å²) in [6, 6.07) is 6.67. The van der Waals surface area contributed by atoms with Crippen LogP contribution >= 0.6 is 11.6 Å². The van der Waals surface area contributed by atoms with Crippen LogP contribution in [0.5, 0.6) is 0 Å². The number of hydrogen-bond donors (Lipinski definition) is 1. The van der Waals surface area contributed by atoms with Gasteiger partial charge in [-0.2, -0.15) is 0 Å². The maximum Gasteiger partial charge on any atom is 0.338 e. The molecule has 0 saturated heterocycles. The van der Waals surface area contributed by atoms with E-state index in [1.165, 1.54) is 36.7 Å². The number of rotatable bonds is 5. The Morgan fingerprint density at radius 2 is 1.96 bits per heavy atom. The van der Waals surface area contributed by atoms with Crippen LogP contribution in [-0.2, 0) is 9.53 Å². The molecule has 1 amide bonds. The van der Waals surface area contributed by atoms with E-state index in [0.717, 1.165) is 6.07 Å². The molecule has 23 heavy (non-hydrogen) atoms. The van der Waals surface area contributed by atoms with Gasteiger partial charge in [-0.1, -0.05) is 11.6 Å². The molecule has 1 aromatic heterocycles. The fraction of sp³-hybridized carbons (Fsp3) is 0.0714. The Labute approximate surface area is 135 Å². The molecule has 0 aliphatic heterocycles. The Morgan fingerprint density at radius 3 is 2.61 bits per heavy atom. The number of anilines is 1. The molecule has 1 aromatic carbocycles. The molecule has 0 aliphatic rings. The maximum absolute atomic E-state index is 11.8. The van der Waals surface area contributed by atoms with Crippen molar-refractivity contribution in [3.8, 4) is 0 Å². The van der Waals surface area contributed by atoms with Crippen molar-refractivity contribution >= 4 is 34.9 Å². The van der Waals surface area contributed by atoms with Gasteiger partial charge in [-0.25, -0.2) is 4.79 Å². The molecule has 0 bridgehead atoms. The van der Waals surface area contributed by atoms with Crippen LogP contribution in [0.3, 0.4) is 0 Å². The van der Waals surface area contributed by atoms with Crippen molar-refractivity contribution in [2.75, 3.05) is 11.9 Å². The lowest BCUT2D eigenvalue weighted by atomic mass is 10.2. The first-order valence-electron chi connectivity index (χ1n) is 6.28. The third-order valence-electron chi connectivity index (χ3n) is 2.68. The van der Waals surface area contributed by atoms with Crippen LogP contribution < -0.4 is 5.32 Å². The number of amides is 1. The highest BCUT2D eigenvalue weighted by Gasteiger charge is 2.17. The third kappa shape index (κ3) is 4.48. The molecule has 0 aliphatic carbocycles. The van der Waals surface area contributed by atoms with E-state index in [9.17, 15) is 19.7 Å². The molecule has 118 valence electrons. The van der Waals surface area contributed by atoms with Crippen LogP contribution in [0.15, 0.2) is 42.7 Å². The fourth-order valence-electron chi connectivity index (χ4n) is 1.65. The van der Waals surface area contributed by atoms with E-state index >= 15 is 0 Å². The third-order valence-corrected chi connectivity index (χ3v) is 2.92. The number of aromatic nitrogens is 1. The number of carbonyl (C=O) groups excluding carboxylic acids is 2. The van der Waals surface area contributed by atoms with E-state index in [-0.39, 0.29) is 22.0 Å². The van der Waals surface area contributed by atoms with Gasteiger partial charge in [0.2, 0.25) is 0 Å². The van der Waals surface area contributed by atoms with Crippen molar-refractivity contribution in [1.29, 1.82) is 0 Å². The molecule has 0 unspecified atom stereocenters. The first-order valence-corrected chi connectivity index (χ1v) is 6.66. The summed E-state index contributed by atoms with van der Waals surface area (Å²) in [6.45, 7) is -0.582. The zero-order valence-electron chi connectivity index (χ0n) is 11.6. The Morgan fingerprint density at radius 1 is 1.26 bits per heavy atom. The minimum absolute atomic E-state index is 0.0376. The zero-order chi connectivity index (χ0) is 16.8. The molecule has 8 nitrogen and oxygen atoms in total. The molecule has 0 saturated carbocycles. The quantitative estimate of drug-likeness (QED) is 0.510. The van der Waals surface area contributed by atoms with Gasteiger partial charge in [0.15, 0.2) is 6.61 Å². The Hall–Kier alpha value is -3.00. The van der Waals surface area contributed by atoms with Gasteiger partial charge in [0, 0.05) is 23.5 Å². The van der Waals surface area contributed by atoms with Crippen molar-refractivity contribution in [1.82, 2.24) is 4.98 Å². The number of halogens is 1. The SMILES string of the molecule is O=C(COC(=O)c1ccncc1)Nc1ccc(Cl)cc1[N+](=O)[O-]. The van der Waals surface area contributed by atoms with Crippen LogP contribution in [0.4, 0.5) is 11.4 Å². The highest BCUT2D eigenvalue weighted by atomic mass is 35.5. The van der Waals surface area contributed by atoms with Crippen LogP contribution in [0.25, 0.3) is 0 Å². The summed E-state index contributed by atoms with van der Waals surface area (Å²) in [7, 11) is 0. The molecule has 0 fully saturated rings. The number of nitro benzene ring substituents is 1. The Balaban J connectivity index is 1.98. The van der Waals surface area contributed by atoms with Crippen molar-refractivity contribution < 1.29 is 19.2 Å². The largest absolute Gasteiger partial charge is 0.452 e. The number of nitrogens with zero attached hydrogens (tertiary/aromatic N) is 2. The van der Waals surface area contributed by atoms with Crippen molar-refractivity contribution in [3.05, 3.63) is 63.4 Å². The van der Waals surface area contributed by atoms with Gasteiger partial charge < -0.3 is 10.1 Å². The molecule has 1 heterocycles. The maximum atomic E-state index is 11.8. The highest BCUT2D eigenvalue weighted by molar-refractivity contribution is 6.31. The number of ether oxygens (including phenoxy) is 1. The number of hydrogen-bond acceptors (Lipinski definition) is 6. The molecule has 0 atom stereocenters. The van der Waals surface area contributed by atoms with Gasteiger partial charge in [0.25, 0.3) is 11.6 Å². The second-order valence-electron chi connectivity index (χ2n) is 4.28. The van der Waals surface area contributed by atoms with Gasteiger partial charge in [-0.05, 0) is 24.3 Å². The van der Waals surface area contributed by atoms with Crippen LogP contribution in [0.2, 0.25) is 5.02 Å². The van der Waals surface area contributed by atoms with Gasteiger partial charge in [0.1, 0.15) is 5.69 Å². The molecule has 2 rings (SSSR count). The van der Waals surface area contributed by atoms with Gasteiger partial charge in [-0.3, -0.25) is 19.9 Å². The number of esters is 1. The average molecular weight is 336 g/mol. The first kappa shape index (κ1) is 16.4. The monoisotopic (exact) mass is 335 g/mol. The Bertz CT molecular complexity index is 751. The summed E-state index contributed by atoms with van der Waals surface area (Å²) in [6.07, 6.45) is 2.82. The normalized spacial score (nSPS) is 9.96. The van der Waals surface area contributed by atoms with E-state index < -0.39 is 23.4 Å². The second-order valence-corrected chi connectivity index (χ2v) is 4.72. The van der Waals surface area contributed by atoms with Gasteiger partial charge >= 0.3 is 5.97 Å². The number of benzene rings is 1. The van der Waals surface area contributed by atoms with E-state index in [1.807, 2.05) is 0 Å². The minimum atomic E-state index is -0.710. The number of pyridine rings is 1. The van der Waals surface area contributed by atoms with Crippen molar-refractivity contribution in [2.24, 2.45) is 0 Å². The molecular weight excluding hydrogens is 326 g/mol. The number of nitro groups is 1. The minimum Gasteiger partial charge on any atom is -0.452 e. The summed E-state index contributed by atoms with van der Waals surface area (Å²) < 4.78 is 4.81. The van der Waals surface area contributed by atoms with E-state index in [0.29, 0.717) is 0 Å². The van der Waals surface area contributed by atoms with Gasteiger partial charge in [0.05, 0.1) is 10.5 Å². The number of carbonyl (C=O) groups is 2. The van der Waals surface area contributed by atoms with E-state index in [2.05, 4.69) is 10.3 Å². The molecule has 0 radical (unpaired) electrons. The van der Waals surface area contributed by atoms with Gasteiger partial charge in [-0.15, -0.1) is 0 Å². The lowest BCUT2D eigenvalue weighted by molar-refractivity contribution is -0.383. The smallest absolute Gasteiger partial charge is 0.338 e. The van der Waals surface area contributed by atoms with E-state index in [1.54, 1.807) is 0 Å². The predicted molar refractivity (Wildman–Crippen MR) is 81.3 cm³/mol. The molecule has 9 heteroatoms. The highest BCUT2D eigenvalue weighted by Crippen LogP contribution is 2.27. The molecule has 2 aromatic rings. The summed E-state index contributed by atoms with van der Waals surface area (Å²) in [5.74, 6) is -1.41. The van der Waals surface area contributed by atoms with E-state index in [4.69, 9.17) is 16.3 Å². The standard InChI is InChI=1S/C14H10ClN3O5/c15-10-1-2-11(12(7-10)18(21)22)17-13(19)8-23-14(20)9-3-5-16-6-4-9/h1-7H,8H2,(H,17,19). The molecule has 0 spiro atoms. The summed E-state index contributed by atoms with van der Waals surface area (Å²) in [5, 5.41) is 13.4. The second kappa shape index (κ2) is 7.32. The number of nitrogens with one attached hydrogen (secondary N) is 1.